The van der Waals surface area contributed by atoms with Crippen LogP contribution in [0.25, 0.3) is 0 Å². The molecule has 0 spiro atoms. The number of hydrogen-bond acceptors (Lipinski definition) is 2. The topological polar surface area (TPSA) is 29.5 Å². The summed E-state index contributed by atoms with van der Waals surface area (Å²) in [5, 5.41) is 9.55. The van der Waals surface area contributed by atoms with Crippen molar-refractivity contribution in [2.75, 3.05) is 6.61 Å². The van der Waals surface area contributed by atoms with Gasteiger partial charge in [-0.25, -0.2) is 4.39 Å². The van der Waals surface area contributed by atoms with Gasteiger partial charge in [-0.05, 0) is 44.7 Å². The highest BCUT2D eigenvalue weighted by Gasteiger charge is 2.10. The van der Waals surface area contributed by atoms with Crippen LogP contribution in [-0.4, -0.2) is 11.7 Å². The molecule has 1 atom stereocenters. The van der Waals surface area contributed by atoms with Gasteiger partial charge in [0, 0.05) is 11.6 Å². The Balaban J connectivity index is 2.45. The molecule has 0 heterocycles. The molecule has 1 N–H and O–H groups in total. The van der Waals surface area contributed by atoms with Crippen LogP contribution in [0.3, 0.4) is 0 Å². The third-order valence-corrected chi connectivity index (χ3v) is 2.74. The minimum Gasteiger partial charge on any atom is -0.493 e. The number of halogens is 1. The molecular formula is C15H21FO2. The van der Waals surface area contributed by atoms with Crippen molar-refractivity contribution in [3.05, 3.63) is 42.2 Å². The van der Waals surface area contributed by atoms with E-state index in [0.29, 0.717) is 17.9 Å². The fourth-order valence-corrected chi connectivity index (χ4v) is 1.73. The Morgan fingerprint density at radius 3 is 2.83 bits per heavy atom. The molecule has 0 bridgehead atoms. The Labute approximate surface area is 108 Å². The monoisotopic (exact) mass is 252 g/mol. The lowest BCUT2D eigenvalue weighted by Gasteiger charge is -2.13. The molecule has 3 heteroatoms. The van der Waals surface area contributed by atoms with Crippen LogP contribution in [0.4, 0.5) is 4.39 Å². The molecule has 100 valence electrons. The van der Waals surface area contributed by atoms with Crippen molar-refractivity contribution < 1.29 is 14.2 Å². The molecule has 0 aliphatic heterocycles. The molecule has 2 nitrogen and oxygen atoms in total. The van der Waals surface area contributed by atoms with E-state index in [2.05, 4.69) is 6.58 Å². The third kappa shape index (κ3) is 4.88. The van der Waals surface area contributed by atoms with E-state index in [1.165, 1.54) is 12.1 Å². The van der Waals surface area contributed by atoms with Crippen LogP contribution in [0.2, 0.25) is 0 Å². The molecule has 0 aromatic heterocycles. The zero-order valence-corrected chi connectivity index (χ0v) is 10.9. The number of allylic oxidation sites excluding steroid dienone is 1. The number of aliphatic hydroxyl groups excluding tert-OH is 1. The summed E-state index contributed by atoms with van der Waals surface area (Å²) in [4.78, 5) is 0. The standard InChI is InChI=1S/C15H21FO2/c1-3-4-5-6-7-10-18-15-11-13(16)8-9-14(15)12(2)17/h3,8-9,11-12,17H,1,4-7,10H2,2H3/t12-/m1/s1. The Bertz CT molecular complexity index is 375. The predicted octanol–water partition coefficient (Wildman–Crippen LogP) is 4.00. The number of benzene rings is 1. The fraction of sp³-hybridized carbons (Fsp3) is 0.467. The van der Waals surface area contributed by atoms with Gasteiger partial charge in [0.15, 0.2) is 0 Å². The number of hydrogen-bond donors (Lipinski definition) is 1. The Morgan fingerprint density at radius 1 is 1.39 bits per heavy atom. The lowest BCUT2D eigenvalue weighted by atomic mass is 10.1. The molecule has 0 saturated carbocycles. The highest BCUT2D eigenvalue weighted by atomic mass is 19.1. The second kappa shape index (κ2) is 7.88. The summed E-state index contributed by atoms with van der Waals surface area (Å²) < 4.78 is 18.6. The van der Waals surface area contributed by atoms with Crippen LogP contribution in [0, 0.1) is 5.82 Å². The molecule has 0 radical (unpaired) electrons. The summed E-state index contributed by atoms with van der Waals surface area (Å²) in [5.41, 5.74) is 0.627. The van der Waals surface area contributed by atoms with Crippen LogP contribution in [0.5, 0.6) is 5.75 Å². The molecule has 1 aromatic rings. The maximum atomic E-state index is 13.1. The summed E-state index contributed by atoms with van der Waals surface area (Å²) >= 11 is 0. The molecule has 0 aliphatic rings. The molecular weight excluding hydrogens is 231 g/mol. The van der Waals surface area contributed by atoms with E-state index in [4.69, 9.17) is 4.74 Å². The van der Waals surface area contributed by atoms with Gasteiger partial charge < -0.3 is 9.84 Å². The Morgan fingerprint density at radius 2 is 2.17 bits per heavy atom. The van der Waals surface area contributed by atoms with Crippen molar-refractivity contribution in [2.24, 2.45) is 0 Å². The minimum atomic E-state index is -0.652. The van der Waals surface area contributed by atoms with Crippen molar-refractivity contribution in [3.63, 3.8) is 0 Å². The van der Waals surface area contributed by atoms with Crippen LogP contribution in [0.1, 0.15) is 44.3 Å². The van der Waals surface area contributed by atoms with Crippen LogP contribution >= 0.6 is 0 Å². The number of rotatable bonds is 8. The van der Waals surface area contributed by atoms with E-state index in [9.17, 15) is 9.50 Å². The molecule has 0 aliphatic carbocycles. The molecule has 0 amide bonds. The van der Waals surface area contributed by atoms with Crippen molar-refractivity contribution in [1.29, 1.82) is 0 Å². The smallest absolute Gasteiger partial charge is 0.127 e. The van der Waals surface area contributed by atoms with Crippen LogP contribution < -0.4 is 4.74 Å². The van der Waals surface area contributed by atoms with Gasteiger partial charge in [-0.1, -0.05) is 6.08 Å². The quantitative estimate of drug-likeness (QED) is 0.559. The Kier molecular flexibility index (Phi) is 6.44. The van der Waals surface area contributed by atoms with E-state index in [0.717, 1.165) is 25.7 Å². The highest BCUT2D eigenvalue weighted by Crippen LogP contribution is 2.26. The Hall–Kier alpha value is -1.35. The first-order valence-corrected chi connectivity index (χ1v) is 6.36. The van der Waals surface area contributed by atoms with Gasteiger partial charge in [0.25, 0.3) is 0 Å². The maximum absolute atomic E-state index is 13.1. The number of aliphatic hydroxyl groups is 1. The third-order valence-electron chi connectivity index (χ3n) is 2.74. The minimum absolute atomic E-state index is 0.346. The van der Waals surface area contributed by atoms with Gasteiger partial charge in [0.2, 0.25) is 0 Å². The van der Waals surface area contributed by atoms with Gasteiger partial charge in [0.1, 0.15) is 11.6 Å². The van der Waals surface area contributed by atoms with E-state index >= 15 is 0 Å². The van der Waals surface area contributed by atoms with Gasteiger partial charge in [-0.15, -0.1) is 6.58 Å². The van der Waals surface area contributed by atoms with Crippen molar-refractivity contribution >= 4 is 0 Å². The van der Waals surface area contributed by atoms with Gasteiger partial charge in [-0.2, -0.15) is 0 Å². The van der Waals surface area contributed by atoms with Crippen LogP contribution in [-0.2, 0) is 0 Å². The molecule has 1 aromatic carbocycles. The van der Waals surface area contributed by atoms with E-state index in [-0.39, 0.29) is 5.82 Å². The molecule has 0 fully saturated rings. The molecule has 0 saturated heterocycles. The summed E-state index contributed by atoms with van der Waals surface area (Å²) in [6.45, 7) is 5.85. The van der Waals surface area contributed by atoms with Crippen LogP contribution in [0.15, 0.2) is 30.9 Å². The van der Waals surface area contributed by atoms with E-state index in [1.54, 1.807) is 13.0 Å². The normalized spacial score (nSPS) is 12.2. The summed E-state index contributed by atoms with van der Waals surface area (Å²) in [6.07, 6.45) is 5.34. The first kappa shape index (κ1) is 14.7. The predicted molar refractivity (Wildman–Crippen MR) is 71.2 cm³/mol. The lowest BCUT2D eigenvalue weighted by molar-refractivity contribution is 0.190. The highest BCUT2D eigenvalue weighted by molar-refractivity contribution is 5.35. The fourth-order valence-electron chi connectivity index (χ4n) is 1.73. The van der Waals surface area contributed by atoms with Crippen molar-refractivity contribution in [1.82, 2.24) is 0 Å². The first-order chi connectivity index (χ1) is 8.65. The average Bonchev–Trinajstić information content (AvgIpc) is 2.33. The summed E-state index contributed by atoms with van der Waals surface area (Å²) in [7, 11) is 0. The number of unbranched alkanes of at least 4 members (excludes halogenated alkanes) is 3. The molecule has 1 rings (SSSR count). The van der Waals surface area contributed by atoms with Crippen molar-refractivity contribution in [2.45, 2.75) is 38.7 Å². The molecule has 18 heavy (non-hydrogen) atoms. The summed E-state index contributed by atoms with van der Waals surface area (Å²) in [5.74, 6) is 0.0924. The zero-order chi connectivity index (χ0) is 13.4. The first-order valence-electron chi connectivity index (χ1n) is 6.36. The lowest BCUT2D eigenvalue weighted by Crippen LogP contribution is -2.03. The van der Waals surface area contributed by atoms with E-state index in [1.807, 2.05) is 6.08 Å². The van der Waals surface area contributed by atoms with Crippen molar-refractivity contribution in [3.8, 4) is 5.75 Å². The second-order valence-electron chi connectivity index (χ2n) is 4.34. The van der Waals surface area contributed by atoms with Gasteiger partial charge in [-0.3, -0.25) is 0 Å². The van der Waals surface area contributed by atoms with Gasteiger partial charge in [0.05, 0.1) is 12.7 Å². The molecule has 0 unspecified atom stereocenters. The van der Waals surface area contributed by atoms with E-state index < -0.39 is 6.10 Å². The number of ether oxygens (including phenoxy) is 1. The SMILES string of the molecule is C=CCCCCCOc1cc(F)ccc1[C@@H](C)O. The largest absolute Gasteiger partial charge is 0.493 e. The zero-order valence-electron chi connectivity index (χ0n) is 10.9. The average molecular weight is 252 g/mol. The summed E-state index contributed by atoms with van der Waals surface area (Å²) in [6, 6.07) is 4.22. The van der Waals surface area contributed by atoms with Gasteiger partial charge >= 0.3 is 0 Å². The maximum Gasteiger partial charge on any atom is 0.127 e. The second-order valence-corrected chi connectivity index (χ2v) is 4.34.